The Morgan fingerprint density at radius 3 is 2.68 bits per heavy atom. The van der Waals surface area contributed by atoms with Crippen LogP contribution < -0.4 is 10.9 Å². The molecule has 0 bridgehead atoms. The van der Waals surface area contributed by atoms with E-state index in [0.717, 1.165) is 6.07 Å². The van der Waals surface area contributed by atoms with Crippen molar-refractivity contribution < 1.29 is 17.6 Å². The first-order chi connectivity index (χ1) is 14.6. The number of rotatable bonds is 6. The van der Waals surface area contributed by atoms with Crippen molar-refractivity contribution in [2.24, 2.45) is 5.92 Å². The summed E-state index contributed by atoms with van der Waals surface area (Å²) >= 11 is 0. The van der Waals surface area contributed by atoms with E-state index in [4.69, 9.17) is 0 Å². The molecule has 5 nitrogen and oxygen atoms in total. The van der Waals surface area contributed by atoms with Gasteiger partial charge in [0.1, 0.15) is 24.6 Å². The van der Waals surface area contributed by atoms with Crippen LogP contribution >= 0.6 is 0 Å². The van der Waals surface area contributed by atoms with Gasteiger partial charge in [0.2, 0.25) is 0 Å². The maximum absolute atomic E-state index is 14.8. The number of halogens is 4. The molecule has 9 heteroatoms. The van der Waals surface area contributed by atoms with Crippen LogP contribution in [0.1, 0.15) is 44.4 Å². The zero-order valence-corrected chi connectivity index (χ0v) is 17.3. The molecule has 0 spiro atoms. The lowest BCUT2D eigenvalue weighted by molar-refractivity contribution is 0.0136. The lowest BCUT2D eigenvalue weighted by Crippen LogP contribution is -2.32. The summed E-state index contributed by atoms with van der Waals surface area (Å²) < 4.78 is 57.3. The lowest BCUT2D eigenvalue weighted by atomic mass is 10.0. The molecule has 4 rings (SSSR count). The van der Waals surface area contributed by atoms with Gasteiger partial charge in [0, 0.05) is 24.8 Å². The number of anilines is 1. The lowest BCUT2D eigenvalue weighted by Gasteiger charge is -2.21. The van der Waals surface area contributed by atoms with Gasteiger partial charge in [0.25, 0.3) is 11.5 Å². The van der Waals surface area contributed by atoms with E-state index < -0.39 is 35.6 Å². The molecule has 0 radical (unpaired) electrons. The molecular weight excluding hydrogens is 412 g/mol. The fraction of sp³-hybridized carbons (Fsp3) is 0.409. The minimum Gasteiger partial charge on any atom is -0.363 e. The molecule has 164 valence electrons. The van der Waals surface area contributed by atoms with Crippen molar-refractivity contribution in [3.63, 3.8) is 0 Å². The highest BCUT2D eigenvalue weighted by Gasteiger charge is 2.53. The number of hydrogen-bond acceptors (Lipinski definition) is 4. The molecule has 1 saturated carbocycles. The van der Waals surface area contributed by atoms with Crippen LogP contribution in [0, 0.1) is 11.7 Å². The molecule has 0 aliphatic heterocycles. The van der Waals surface area contributed by atoms with Crippen molar-refractivity contribution in [2.75, 3.05) is 12.0 Å². The van der Waals surface area contributed by atoms with Gasteiger partial charge in [-0.15, -0.1) is 0 Å². The van der Waals surface area contributed by atoms with E-state index in [-0.39, 0.29) is 17.0 Å². The Morgan fingerprint density at radius 1 is 1.35 bits per heavy atom. The van der Waals surface area contributed by atoms with E-state index in [9.17, 15) is 22.4 Å². The largest absolute Gasteiger partial charge is 0.363 e. The van der Waals surface area contributed by atoms with Crippen molar-refractivity contribution in [2.45, 2.75) is 44.7 Å². The van der Waals surface area contributed by atoms with Crippen LogP contribution in [0.3, 0.4) is 0 Å². The maximum Gasteiger partial charge on any atom is 0.273 e. The van der Waals surface area contributed by atoms with Gasteiger partial charge in [-0.2, -0.15) is 0 Å². The predicted molar refractivity (Wildman–Crippen MR) is 110 cm³/mol. The van der Waals surface area contributed by atoms with E-state index in [1.165, 1.54) is 35.3 Å². The Bertz CT molecular complexity index is 1200. The Balaban J connectivity index is 1.75. The quantitative estimate of drug-likeness (QED) is 0.560. The van der Waals surface area contributed by atoms with Gasteiger partial charge in [-0.05, 0) is 19.3 Å². The van der Waals surface area contributed by atoms with Gasteiger partial charge in [-0.3, -0.25) is 4.79 Å². The number of pyridine rings is 1. The molecule has 1 aromatic carbocycles. The van der Waals surface area contributed by atoms with Crippen molar-refractivity contribution in [3.8, 4) is 0 Å². The number of benzene rings is 1. The fourth-order valence-corrected chi connectivity index (χ4v) is 4.06. The van der Waals surface area contributed by atoms with Crippen LogP contribution in [0.25, 0.3) is 10.9 Å². The molecule has 0 amide bonds. The second-order valence-corrected chi connectivity index (χ2v) is 8.31. The Kier molecular flexibility index (Phi) is 5.02. The average molecular weight is 434 g/mol. The summed E-state index contributed by atoms with van der Waals surface area (Å²) in [6.45, 7) is 3.46. The third-order valence-electron chi connectivity index (χ3n) is 6.12. The zero-order chi connectivity index (χ0) is 22.6. The Hall–Kier alpha value is -2.97. The highest BCUT2D eigenvalue weighted by molar-refractivity contribution is 5.88. The number of aromatic nitrogens is 3. The number of nitrogens with one attached hydrogen (secondary N) is 1. The van der Waals surface area contributed by atoms with Crippen LogP contribution in [0.5, 0.6) is 0 Å². The molecule has 2 aromatic heterocycles. The number of hydrogen-bond donors (Lipinski definition) is 1. The summed E-state index contributed by atoms with van der Waals surface area (Å²) in [5.74, 6) is -4.01. The van der Waals surface area contributed by atoms with Crippen molar-refractivity contribution in [1.82, 2.24) is 14.5 Å². The molecule has 2 unspecified atom stereocenters. The summed E-state index contributed by atoms with van der Waals surface area (Å²) in [6, 6.07) is 4.45. The molecule has 3 aromatic rings. The first-order valence-corrected chi connectivity index (χ1v) is 9.95. The third kappa shape index (κ3) is 3.55. The van der Waals surface area contributed by atoms with Crippen molar-refractivity contribution >= 4 is 16.7 Å². The fourth-order valence-electron chi connectivity index (χ4n) is 4.06. The van der Waals surface area contributed by atoms with Crippen LogP contribution in [0.4, 0.5) is 23.4 Å². The Labute approximate surface area is 176 Å². The standard InChI is InChI=1S/C22H22F4N4O/c1-12-8-22(12,10-23)30-9-15-17(7-18(30)31)27-11-28-20(15)29-13(2)14-5-4-6-16(19(14)24)21(3,25)26/h4-7,9,11-13H,8,10H2,1-3H3,(H,27,28,29)/t12?,13-,22?/m1/s1. The van der Waals surface area contributed by atoms with E-state index in [1.54, 1.807) is 6.92 Å². The van der Waals surface area contributed by atoms with Crippen LogP contribution in [0.15, 0.2) is 41.6 Å². The zero-order valence-electron chi connectivity index (χ0n) is 17.3. The second kappa shape index (κ2) is 7.32. The van der Waals surface area contributed by atoms with Gasteiger partial charge in [0.05, 0.1) is 28.0 Å². The van der Waals surface area contributed by atoms with E-state index >= 15 is 0 Å². The van der Waals surface area contributed by atoms with Crippen LogP contribution in [-0.4, -0.2) is 21.2 Å². The molecule has 0 saturated heterocycles. The van der Waals surface area contributed by atoms with E-state index in [2.05, 4.69) is 15.3 Å². The van der Waals surface area contributed by atoms with Gasteiger partial charge in [0.15, 0.2) is 0 Å². The maximum atomic E-state index is 14.8. The molecular formula is C22H22F4N4O. The summed E-state index contributed by atoms with van der Waals surface area (Å²) in [5, 5.41) is 3.48. The first kappa shape index (κ1) is 21.3. The molecule has 1 aliphatic rings. The summed E-state index contributed by atoms with van der Waals surface area (Å²) in [7, 11) is 0. The number of alkyl halides is 3. The van der Waals surface area contributed by atoms with Gasteiger partial charge in [-0.1, -0.05) is 25.1 Å². The number of nitrogens with zero attached hydrogens (tertiary/aromatic N) is 3. The normalized spacial score (nSPS) is 21.8. The third-order valence-corrected chi connectivity index (χ3v) is 6.12. The summed E-state index contributed by atoms with van der Waals surface area (Å²) in [6.07, 6.45) is 3.31. The molecule has 1 aliphatic carbocycles. The van der Waals surface area contributed by atoms with Crippen LogP contribution in [0.2, 0.25) is 0 Å². The molecule has 3 atom stereocenters. The van der Waals surface area contributed by atoms with E-state index in [1.807, 2.05) is 6.92 Å². The average Bonchev–Trinajstić information content (AvgIpc) is 3.37. The summed E-state index contributed by atoms with van der Waals surface area (Å²) in [4.78, 5) is 20.8. The van der Waals surface area contributed by atoms with Crippen molar-refractivity contribution in [1.29, 1.82) is 0 Å². The minimum atomic E-state index is -3.32. The van der Waals surface area contributed by atoms with Crippen LogP contribution in [-0.2, 0) is 11.5 Å². The minimum absolute atomic E-state index is 0.0140. The van der Waals surface area contributed by atoms with E-state index in [0.29, 0.717) is 30.1 Å². The van der Waals surface area contributed by atoms with Crippen molar-refractivity contribution in [3.05, 3.63) is 64.1 Å². The second-order valence-electron chi connectivity index (χ2n) is 8.31. The van der Waals surface area contributed by atoms with Gasteiger partial charge >= 0.3 is 0 Å². The Morgan fingerprint density at radius 2 is 2.06 bits per heavy atom. The smallest absolute Gasteiger partial charge is 0.273 e. The highest BCUT2D eigenvalue weighted by Crippen LogP contribution is 2.49. The first-order valence-electron chi connectivity index (χ1n) is 9.95. The molecule has 31 heavy (non-hydrogen) atoms. The van der Waals surface area contributed by atoms with Gasteiger partial charge < -0.3 is 9.88 Å². The molecule has 1 fully saturated rings. The molecule has 1 N–H and O–H groups in total. The monoisotopic (exact) mass is 434 g/mol. The molecule has 2 heterocycles. The predicted octanol–water partition coefficient (Wildman–Crippen LogP) is 4.92. The topological polar surface area (TPSA) is 59.8 Å². The highest BCUT2D eigenvalue weighted by atomic mass is 19.3. The summed E-state index contributed by atoms with van der Waals surface area (Å²) in [5.41, 5.74) is -1.53. The number of fused-ring (bicyclic) bond motifs is 1. The SMILES string of the molecule is CC1CC1(CF)n1cc2c(N[C@H](C)c3cccc(C(C)(F)F)c3F)ncnc2cc1=O. The van der Waals surface area contributed by atoms with Gasteiger partial charge in [-0.25, -0.2) is 27.5 Å².